The summed E-state index contributed by atoms with van der Waals surface area (Å²) in [6.07, 6.45) is 11.2. The number of carbonyl (C=O) groups excluding carboxylic acids is 2. The first-order chi connectivity index (χ1) is 20.7. The lowest BCUT2D eigenvalue weighted by molar-refractivity contribution is -0.123. The van der Waals surface area contributed by atoms with E-state index in [9.17, 15) is 9.59 Å². The molecule has 0 radical (unpaired) electrons. The number of ether oxygens (including phenoxy) is 1. The van der Waals surface area contributed by atoms with Gasteiger partial charge in [-0.15, -0.1) is 0 Å². The number of carbonyl (C=O) groups is 2. The highest BCUT2D eigenvalue weighted by molar-refractivity contribution is 5.86. The Kier molecular flexibility index (Phi) is 12.9. The minimum absolute atomic E-state index is 0.0317. The number of amides is 2. The molecule has 1 aliphatic carbocycles. The van der Waals surface area contributed by atoms with E-state index >= 15 is 0 Å². The van der Waals surface area contributed by atoms with E-state index in [0.717, 1.165) is 48.8 Å². The van der Waals surface area contributed by atoms with Crippen LogP contribution in [-0.4, -0.2) is 42.9 Å². The van der Waals surface area contributed by atoms with Crippen LogP contribution in [0.3, 0.4) is 0 Å². The molecule has 42 heavy (non-hydrogen) atoms. The Labute approximate surface area is 250 Å². The lowest BCUT2D eigenvalue weighted by Crippen LogP contribution is -2.48. The number of hydrogen-bond donors (Lipinski definition) is 3. The van der Waals surface area contributed by atoms with Crippen molar-refractivity contribution in [3.63, 3.8) is 0 Å². The molecule has 2 amide bonds. The molecule has 0 unspecified atom stereocenters. The summed E-state index contributed by atoms with van der Waals surface area (Å²) in [5, 5.41) is 14.7. The minimum Gasteiger partial charge on any atom is -0.449 e. The molecule has 0 spiro atoms. The third-order valence-electron chi connectivity index (χ3n) is 8.12. The molecule has 0 aliphatic heterocycles. The SMILES string of the molecule is O=C(N[C@@H](Cc1ccccc1)C(=O)NCCCCCCCCCCCCO)OCC1c2ccccc2-c2ccccc21. The third kappa shape index (κ3) is 9.45. The predicted molar refractivity (Wildman–Crippen MR) is 168 cm³/mol. The minimum atomic E-state index is -0.714. The van der Waals surface area contributed by atoms with Crippen LogP contribution in [0.2, 0.25) is 0 Å². The summed E-state index contributed by atoms with van der Waals surface area (Å²) in [6.45, 7) is 1.11. The van der Waals surface area contributed by atoms with Crippen LogP contribution >= 0.6 is 0 Å². The van der Waals surface area contributed by atoms with E-state index < -0.39 is 12.1 Å². The fourth-order valence-corrected chi connectivity index (χ4v) is 5.83. The van der Waals surface area contributed by atoms with Crippen molar-refractivity contribution in [3.8, 4) is 11.1 Å². The second-order valence-electron chi connectivity index (χ2n) is 11.3. The zero-order chi connectivity index (χ0) is 29.4. The fourth-order valence-electron chi connectivity index (χ4n) is 5.83. The Morgan fingerprint density at radius 2 is 1.21 bits per heavy atom. The van der Waals surface area contributed by atoms with E-state index in [2.05, 4.69) is 34.9 Å². The molecule has 1 aliphatic rings. The second kappa shape index (κ2) is 17.3. The number of hydrogen-bond acceptors (Lipinski definition) is 4. The Morgan fingerprint density at radius 3 is 1.81 bits per heavy atom. The molecule has 6 nitrogen and oxygen atoms in total. The maximum absolute atomic E-state index is 13.2. The molecular weight excluding hydrogens is 524 g/mol. The van der Waals surface area contributed by atoms with Gasteiger partial charge in [0.05, 0.1) is 0 Å². The predicted octanol–water partition coefficient (Wildman–Crippen LogP) is 7.15. The maximum atomic E-state index is 13.2. The van der Waals surface area contributed by atoms with Gasteiger partial charge in [-0.2, -0.15) is 0 Å². The van der Waals surface area contributed by atoms with Crippen LogP contribution in [0.4, 0.5) is 4.79 Å². The first-order valence-electron chi connectivity index (χ1n) is 15.7. The van der Waals surface area contributed by atoms with Gasteiger partial charge in [0.1, 0.15) is 12.6 Å². The van der Waals surface area contributed by atoms with E-state index in [4.69, 9.17) is 9.84 Å². The Balaban J connectivity index is 1.22. The second-order valence-corrected chi connectivity index (χ2v) is 11.3. The highest BCUT2D eigenvalue weighted by atomic mass is 16.5. The summed E-state index contributed by atoms with van der Waals surface area (Å²) in [5.74, 6) is -0.217. The Bertz CT molecular complexity index is 1200. The molecule has 0 saturated heterocycles. The summed E-state index contributed by atoms with van der Waals surface area (Å²) in [6, 6.07) is 25.5. The van der Waals surface area contributed by atoms with Gasteiger partial charge < -0.3 is 20.5 Å². The van der Waals surface area contributed by atoms with Crippen LogP contribution in [-0.2, 0) is 16.0 Å². The van der Waals surface area contributed by atoms with Crippen molar-refractivity contribution in [2.75, 3.05) is 19.8 Å². The number of alkyl carbamates (subject to hydrolysis) is 1. The topological polar surface area (TPSA) is 87.7 Å². The standard InChI is InChI=1S/C36H46N2O4/c39-25-17-8-6-4-2-1-3-5-7-16-24-37-35(40)34(26-28-18-10-9-11-19-28)38-36(41)42-27-33-31-22-14-12-20-29(31)30-21-13-15-23-32(30)33/h9-15,18-23,33-34,39H,1-8,16-17,24-27H2,(H,37,40)(H,38,41)/t34-/m0/s1. The fraction of sp³-hybridized carbons (Fsp3) is 0.444. The lowest BCUT2D eigenvalue weighted by Gasteiger charge is -2.20. The molecule has 0 fully saturated rings. The average Bonchev–Trinajstić information content (AvgIpc) is 3.34. The molecule has 0 saturated carbocycles. The molecule has 224 valence electrons. The molecule has 3 aromatic rings. The molecule has 3 N–H and O–H groups in total. The summed E-state index contributed by atoms with van der Waals surface area (Å²) in [7, 11) is 0. The number of unbranched alkanes of at least 4 members (excludes halogenated alkanes) is 9. The largest absolute Gasteiger partial charge is 0.449 e. The smallest absolute Gasteiger partial charge is 0.407 e. The van der Waals surface area contributed by atoms with E-state index in [0.29, 0.717) is 19.6 Å². The first-order valence-corrected chi connectivity index (χ1v) is 15.7. The normalized spacial score (nSPS) is 12.8. The molecular formula is C36H46N2O4. The van der Waals surface area contributed by atoms with Gasteiger partial charge >= 0.3 is 6.09 Å². The van der Waals surface area contributed by atoms with E-state index in [1.807, 2.05) is 54.6 Å². The zero-order valence-electron chi connectivity index (χ0n) is 24.7. The summed E-state index contributed by atoms with van der Waals surface area (Å²) in [4.78, 5) is 26.1. The lowest BCUT2D eigenvalue weighted by atomic mass is 9.98. The highest BCUT2D eigenvalue weighted by Gasteiger charge is 2.29. The van der Waals surface area contributed by atoms with Gasteiger partial charge in [-0.1, -0.05) is 130 Å². The highest BCUT2D eigenvalue weighted by Crippen LogP contribution is 2.44. The van der Waals surface area contributed by atoms with Gasteiger partial charge in [0.25, 0.3) is 0 Å². The summed E-state index contributed by atoms with van der Waals surface area (Å²) < 4.78 is 5.73. The third-order valence-corrected chi connectivity index (χ3v) is 8.12. The number of rotatable bonds is 18. The van der Waals surface area contributed by atoms with Crippen molar-refractivity contribution in [1.29, 1.82) is 0 Å². The quantitative estimate of drug-likeness (QED) is 0.142. The van der Waals surface area contributed by atoms with Gasteiger partial charge in [-0.25, -0.2) is 4.79 Å². The molecule has 0 aromatic heterocycles. The monoisotopic (exact) mass is 570 g/mol. The van der Waals surface area contributed by atoms with Crippen LogP contribution in [0.25, 0.3) is 11.1 Å². The molecule has 0 heterocycles. The van der Waals surface area contributed by atoms with Gasteiger partial charge in [0.15, 0.2) is 0 Å². The van der Waals surface area contributed by atoms with Crippen LogP contribution in [0.5, 0.6) is 0 Å². The average molecular weight is 571 g/mol. The van der Waals surface area contributed by atoms with Crippen LogP contribution in [0.1, 0.15) is 86.8 Å². The summed E-state index contributed by atoms with van der Waals surface area (Å²) in [5.41, 5.74) is 5.65. The molecule has 1 atom stereocenters. The first kappa shape index (κ1) is 31.3. The Hall–Kier alpha value is -3.64. The van der Waals surface area contributed by atoms with Gasteiger partial charge in [-0.05, 0) is 40.7 Å². The van der Waals surface area contributed by atoms with Crippen molar-refractivity contribution < 1.29 is 19.4 Å². The van der Waals surface area contributed by atoms with E-state index in [-0.39, 0.29) is 18.4 Å². The summed E-state index contributed by atoms with van der Waals surface area (Å²) >= 11 is 0. The number of benzene rings is 3. The van der Waals surface area contributed by atoms with Crippen molar-refractivity contribution in [1.82, 2.24) is 10.6 Å². The van der Waals surface area contributed by atoms with E-state index in [1.165, 1.54) is 43.2 Å². The number of fused-ring (bicyclic) bond motifs is 3. The van der Waals surface area contributed by atoms with Crippen molar-refractivity contribution >= 4 is 12.0 Å². The van der Waals surface area contributed by atoms with E-state index in [1.54, 1.807) is 0 Å². The van der Waals surface area contributed by atoms with Gasteiger partial charge in [-0.3, -0.25) is 4.79 Å². The molecule has 6 heteroatoms. The Morgan fingerprint density at radius 1 is 0.690 bits per heavy atom. The number of aliphatic hydroxyl groups excluding tert-OH is 1. The van der Waals surface area contributed by atoms with Crippen LogP contribution in [0, 0.1) is 0 Å². The zero-order valence-corrected chi connectivity index (χ0v) is 24.7. The van der Waals surface area contributed by atoms with Gasteiger partial charge in [0, 0.05) is 25.5 Å². The van der Waals surface area contributed by atoms with Crippen molar-refractivity contribution in [3.05, 3.63) is 95.6 Å². The maximum Gasteiger partial charge on any atom is 0.407 e. The molecule has 0 bridgehead atoms. The number of nitrogens with one attached hydrogen (secondary N) is 2. The molecule has 3 aromatic carbocycles. The van der Waals surface area contributed by atoms with Crippen molar-refractivity contribution in [2.24, 2.45) is 0 Å². The van der Waals surface area contributed by atoms with Gasteiger partial charge in [0.2, 0.25) is 5.91 Å². The number of aliphatic hydroxyl groups is 1. The van der Waals surface area contributed by atoms with Crippen LogP contribution < -0.4 is 10.6 Å². The van der Waals surface area contributed by atoms with Crippen LogP contribution in [0.15, 0.2) is 78.9 Å². The molecule has 4 rings (SSSR count). The van der Waals surface area contributed by atoms with Crippen molar-refractivity contribution in [2.45, 2.75) is 82.6 Å².